The number of aromatic nitrogens is 4. The SMILES string of the molecule is COCCC[C@H](C)Nc1ncc2c(-c3ccc(CN4CCN(C)CC4)cc3)nn([C@H]3CC[C@H](O)CC3)c2n1. The molecule has 1 atom stereocenters. The molecule has 3 aromatic rings. The number of nitrogens with one attached hydrogen (secondary N) is 1. The van der Waals surface area contributed by atoms with E-state index in [9.17, 15) is 5.11 Å². The molecule has 1 saturated heterocycles. The molecule has 2 aliphatic rings. The lowest BCUT2D eigenvalue weighted by Crippen LogP contribution is -2.43. The molecule has 1 aliphatic heterocycles. The van der Waals surface area contributed by atoms with Gasteiger partial charge in [-0.25, -0.2) is 9.67 Å². The summed E-state index contributed by atoms with van der Waals surface area (Å²) in [5.74, 6) is 0.633. The van der Waals surface area contributed by atoms with Gasteiger partial charge in [0, 0.05) is 64.2 Å². The van der Waals surface area contributed by atoms with E-state index < -0.39 is 0 Å². The standard InChI is InChI=1S/C29H43N7O2/c1-21(5-4-18-38-3)31-29-30-19-26-27(33-36(28(26)32-29)24-10-12-25(37)13-11-24)23-8-6-22(7-9-23)20-35-16-14-34(2)15-17-35/h6-9,19,21,24-25,37H,4-5,10-18,20H2,1-3H3,(H,30,31,32)/t21-,24-,25-/m0/s1. The summed E-state index contributed by atoms with van der Waals surface area (Å²) in [5.41, 5.74) is 4.21. The highest BCUT2D eigenvalue weighted by Crippen LogP contribution is 2.34. The number of hydrogen-bond donors (Lipinski definition) is 2. The molecule has 9 nitrogen and oxygen atoms in total. The predicted octanol–water partition coefficient (Wildman–Crippen LogP) is 3.94. The van der Waals surface area contributed by atoms with Gasteiger partial charge in [0.1, 0.15) is 5.69 Å². The van der Waals surface area contributed by atoms with E-state index in [1.54, 1.807) is 7.11 Å². The second-order valence-electron chi connectivity index (χ2n) is 11.1. The van der Waals surface area contributed by atoms with E-state index in [0.717, 1.165) is 100 Å². The minimum atomic E-state index is -0.208. The second-order valence-corrected chi connectivity index (χ2v) is 11.1. The molecule has 0 unspecified atom stereocenters. The number of methoxy groups -OCH3 is 1. The Bertz CT molecular complexity index is 1170. The third kappa shape index (κ3) is 6.51. The van der Waals surface area contributed by atoms with Crippen molar-refractivity contribution in [3.05, 3.63) is 36.0 Å². The van der Waals surface area contributed by atoms with Gasteiger partial charge in [-0.15, -0.1) is 0 Å². The van der Waals surface area contributed by atoms with Gasteiger partial charge in [-0.05, 0) is 58.1 Å². The zero-order valence-corrected chi connectivity index (χ0v) is 23.1. The summed E-state index contributed by atoms with van der Waals surface area (Å²) >= 11 is 0. The van der Waals surface area contributed by atoms with E-state index in [1.807, 2.05) is 6.20 Å². The maximum Gasteiger partial charge on any atom is 0.224 e. The number of benzene rings is 1. The summed E-state index contributed by atoms with van der Waals surface area (Å²) < 4.78 is 7.29. The Hall–Kier alpha value is -2.59. The Labute approximate surface area is 226 Å². The average molecular weight is 522 g/mol. The highest BCUT2D eigenvalue weighted by Gasteiger charge is 2.26. The van der Waals surface area contributed by atoms with Gasteiger partial charge in [-0.1, -0.05) is 24.3 Å². The van der Waals surface area contributed by atoms with Gasteiger partial charge in [0.25, 0.3) is 0 Å². The van der Waals surface area contributed by atoms with Gasteiger partial charge in [0.2, 0.25) is 5.95 Å². The molecule has 1 saturated carbocycles. The number of ether oxygens (including phenoxy) is 1. The van der Waals surface area contributed by atoms with E-state index in [2.05, 4.69) is 63.0 Å². The molecule has 2 fully saturated rings. The highest BCUT2D eigenvalue weighted by atomic mass is 16.5. The van der Waals surface area contributed by atoms with Crippen molar-refractivity contribution in [3.63, 3.8) is 0 Å². The van der Waals surface area contributed by atoms with Crippen molar-refractivity contribution >= 4 is 17.0 Å². The van der Waals surface area contributed by atoms with Crippen LogP contribution in [0, 0.1) is 0 Å². The van der Waals surface area contributed by atoms with E-state index in [-0.39, 0.29) is 18.2 Å². The number of rotatable bonds is 10. The number of likely N-dealkylation sites (N-methyl/N-ethyl adjacent to an activating group) is 1. The smallest absolute Gasteiger partial charge is 0.224 e. The van der Waals surface area contributed by atoms with Crippen LogP contribution in [0.5, 0.6) is 0 Å². The zero-order chi connectivity index (χ0) is 26.5. The van der Waals surface area contributed by atoms with Crippen molar-refractivity contribution in [3.8, 4) is 11.3 Å². The summed E-state index contributed by atoms with van der Waals surface area (Å²) in [4.78, 5) is 14.5. The molecule has 9 heteroatoms. The summed E-state index contributed by atoms with van der Waals surface area (Å²) in [5, 5.41) is 19.6. The van der Waals surface area contributed by atoms with Gasteiger partial charge in [0.15, 0.2) is 5.65 Å². The Morgan fingerprint density at radius 1 is 1.08 bits per heavy atom. The number of aliphatic hydroxyl groups excluding tert-OH is 1. The predicted molar refractivity (Wildman–Crippen MR) is 151 cm³/mol. The first kappa shape index (κ1) is 27.0. The number of aliphatic hydroxyl groups is 1. The van der Waals surface area contributed by atoms with E-state index >= 15 is 0 Å². The largest absolute Gasteiger partial charge is 0.393 e. The van der Waals surface area contributed by atoms with Gasteiger partial charge in [-0.2, -0.15) is 10.1 Å². The summed E-state index contributed by atoms with van der Waals surface area (Å²) in [6.45, 7) is 8.37. The van der Waals surface area contributed by atoms with Gasteiger partial charge in [-0.3, -0.25) is 4.90 Å². The van der Waals surface area contributed by atoms with E-state index in [0.29, 0.717) is 5.95 Å². The fourth-order valence-corrected chi connectivity index (χ4v) is 5.62. The van der Waals surface area contributed by atoms with Crippen LogP contribution in [0.1, 0.15) is 57.1 Å². The van der Waals surface area contributed by atoms with Crippen molar-refractivity contribution in [1.29, 1.82) is 0 Å². The molecule has 2 aromatic heterocycles. The van der Waals surface area contributed by atoms with Crippen molar-refractivity contribution in [1.82, 2.24) is 29.5 Å². The molecular formula is C29H43N7O2. The lowest BCUT2D eigenvalue weighted by atomic mass is 9.93. The normalized spacial score (nSPS) is 22.1. The lowest BCUT2D eigenvalue weighted by molar-refractivity contribution is 0.109. The number of hydrogen-bond acceptors (Lipinski definition) is 8. The van der Waals surface area contributed by atoms with Crippen LogP contribution in [0.2, 0.25) is 0 Å². The summed E-state index contributed by atoms with van der Waals surface area (Å²) in [7, 11) is 3.93. The molecule has 1 aromatic carbocycles. The molecule has 5 rings (SSSR count). The Balaban J connectivity index is 1.39. The van der Waals surface area contributed by atoms with Crippen LogP contribution in [-0.2, 0) is 11.3 Å². The number of piperazine rings is 1. The van der Waals surface area contributed by atoms with Crippen LogP contribution in [0.4, 0.5) is 5.95 Å². The maximum absolute atomic E-state index is 10.1. The summed E-state index contributed by atoms with van der Waals surface area (Å²) in [6.07, 6.45) is 7.10. The Kier molecular flexibility index (Phi) is 8.89. The van der Waals surface area contributed by atoms with Crippen LogP contribution in [0.25, 0.3) is 22.3 Å². The maximum atomic E-state index is 10.1. The molecule has 1 aliphatic carbocycles. The van der Waals surface area contributed by atoms with Crippen LogP contribution in [0.15, 0.2) is 30.5 Å². The summed E-state index contributed by atoms with van der Waals surface area (Å²) in [6, 6.07) is 9.31. The fourth-order valence-electron chi connectivity index (χ4n) is 5.62. The zero-order valence-electron chi connectivity index (χ0n) is 23.1. The average Bonchev–Trinajstić information content (AvgIpc) is 3.30. The van der Waals surface area contributed by atoms with E-state index in [1.165, 1.54) is 5.56 Å². The van der Waals surface area contributed by atoms with Crippen LogP contribution < -0.4 is 5.32 Å². The topological polar surface area (TPSA) is 91.6 Å². The minimum absolute atomic E-state index is 0.208. The number of fused-ring (bicyclic) bond motifs is 1. The first-order valence-corrected chi connectivity index (χ1v) is 14.2. The van der Waals surface area contributed by atoms with Crippen LogP contribution in [0.3, 0.4) is 0 Å². The van der Waals surface area contributed by atoms with Gasteiger partial charge < -0.3 is 20.1 Å². The monoisotopic (exact) mass is 521 g/mol. The quantitative estimate of drug-likeness (QED) is 0.388. The molecule has 3 heterocycles. The van der Waals surface area contributed by atoms with Crippen molar-refractivity contribution in [2.24, 2.45) is 0 Å². The number of nitrogens with zero attached hydrogens (tertiary/aromatic N) is 6. The third-order valence-electron chi connectivity index (χ3n) is 8.05. The molecule has 38 heavy (non-hydrogen) atoms. The lowest BCUT2D eigenvalue weighted by Gasteiger charge is -2.32. The third-order valence-corrected chi connectivity index (χ3v) is 8.05. The second kappa shape index (κ2) is 12.5. The molecule has 2 N–H and O–H groups in total. The first-order valence-electron chi connectivity index (χ1n) is 14.2. The van der Waals surface area contributed by atoms with Gasteiger partial charge in [0.05, 0.1) is 17.5 Å². The Morgan fingerprint density at radius 3 is 2.53 bits per heavy atom. The van der Waals surface area contributed by atoms with Crippen LogP contribution in [-0.4, -0.2) is 93.7 Å². The first-order chi connectivity index (χ1) is 18.5. The van der Waals surface area contributed by atoms with E-state index in [4.69, 9.17) is 14.8 Å². The molecule has 0 bridgehead atoms. The highest BCUT2D eigenvalue weighted by molar-refractivity contribution is 5.91. The van der Waals surface area contributed by atoms with Crippen molar-refractivity contribution in [2.45, 2.75) is 70.2 Å². The van der Waals surface area contributed by atoms with Gasteiger partial charge >= 0.3 is 0 Å². The molecule has 206 valence electrons. The fraction of sp³-hybridized carbons (Fsp3) is 0.621. The van der Waals surface area contributed by atoms with Crippen molar-refractivity contribution < 1.29 is 9.84 Å². The molecular weight excluding hydrogens is 478 g/mol. The molecule has 0 amide bonds. The van der Waals surface area contributed by atoms with Crippen molar-refractivity contribution in [2.75, 3.05) is 52.3 Å². The van der Waals surface area contributed by atoms with Crippen LogP contribution >= 0.6 is 0 Å². The minimum Gasteiger partial charge on any atom is -0.393 e. The molecule has 0 spiro atoms. The number of anilines is 1. The molecule has 0 radical (unpaired) electrons. The Morgan fingerprint density at radius 2 is 1.82 bits per heavy atom.